The van der Waals surface area contributed by atoms with Crippen LogP contribution in [-0.4, -0.2) is 38.0 Å². The molecule has 3 heterocycles. The van der Waals surface area contributed by atoms with E-state index in [0.29, 0.717) is 12.3 Å². The fraction of sp³-hybridized carbons (Fsp3) is 0.579. The van der Waals surface area contributed by atoms with Crippen molar-refractivity contribution >= 4 is 5.91 Å². The van der Waals surface area contributed by atoms with Gasteiger partial charge in [0.25, 0.3) is 0 Å². The number of carbonyl (C=O) groups excluding carboxylic acids is 1. The lowest BCUT2D eigenvalue weighted by Gasteiger charge is -2.32. The van der Waals surface area contributed by atoms with E-state index in [9.17, 15) is 4.79 Å². The molecule has 0 unspecified atom stereocenters. The van der Waals surface area contributed by atoms with E-state index in [2.05, 4.69) is 27.2 Å². The Labute approximate surface area is 144 Å². The van der Waals surface area contributed by atoms with Gasteiger partial charge in [-0.05, 0) is 31.4 Å². The van der Waals surface area contributed by atoms with Gasteiger partial charge in [0.1, 0.15) is 5.82 Å². The summed E-state index contributed by atoms with van der Waals surface area (Å²) in [6.45, 7) is 5.76. The topological polar surface area (TPSA) is 43.1 Å². The van der Waals surface area contributed by atoms with Gasteiger partial charge >= 0.3 is 0 Å². The van der Waals surface area contributed by atoms with Crippen LogP contribution in [0.25, 0.3) is 0 Å². The van der Waals surface area contributed by atoms with E-state index in [1.54, 1.807) is 0 Å². The van der Waals surface area contributed by atoms with Crippen molar-refractivity contribution in [2.45, 2.75) is 58.0 Å². The molecule has 0 aromatic carbocycles. The molecular weight excluding hydrogens is 300 g/mol. The Morgan fingerprint density at radius 3 is 2.62 bits per heavy atom. The van der Waals surface area contributed by atoms with Crippen molar-refractivity contribution in [2.75, 3.05) is 13.1 Å². The first-order valence-electron chi connectivity index (χ1n) is 9.17. The number of hydrogen-bond donors (Lipinski definition) is 0. The number of unbranched alkanes of at least 4 members (excludes halogenated alkanes) is 1. The summed E-state index contributed by atoms with van der Waals surface area (Å²) in [6, 6.07) is 3.99. The minimum absolute atomic E-state index is 0.275. The molecule has 3 rings (SSSR count). The minimum atomic E-state index is 0.275. The van der Waals surface area contributed by atoms with Crippen molar-refractivity contribution in [1.82, 2.24) is 19.0 Å². The summed E-state index contributed by atoms with van der Waals surface area (Å²) in [7, 11) is 0. The Morgan fingerprint density at radius 2 is 1.92 bits per heavy atom. The van der Waals surface area contributed by atoms with Crippen LogP contribution in [0.4, 0.5) is 0 Å². The van der Waals surface area contributed by atoms with Gasteiger partial charge in [0.15, 0.2) is 0 Å². The standard InChI is InChI=1S/C19H28N4O/c1-2-3-12-23-16-9-20-19(23)17-6-14-22(15-7-17)18(24)8-13-21-10-4-5-11-21/h4-5,9-11,16-17H,2-3,6-8,12-15H2,1H3. The summed E-state index contributed by atoms with van der Waals surface area (Å²) in [5.74, 6) is 1.98. The van der Waals surface area contributed by atoms with E-state index in [-0.39, 0.29) is 5.91 Å². The smallest absolute Gasteiger partial charge is 0.224 e. The van der Waals surface area contributed by atoms with Crippen molar-refractivity contribution in [3.63, 3.8) is 0 Å². The molecule has 130 valence electrons. The number of rotatable bonds is 7. The van der Waals surface area contributed by atoms with Crippen LogP contribution in [0, 0.1) is 0 Å². The molecule has 2 aromatic rings. The maximum Gasteiger partial charge on any atom is 0.224 e. The van der Waals surface area contributed by atoms with E-state index >= 15 is 0 Å². The third-order valence-electron chi connectivity index (χ3n) is 4.96. The maximum atomic E-state index is 12.4. The number of nitrogens with zero attached hydrogens (tertiary/aromatic N) is 4. The molecule has 1 amide bonds. The van der Waals surface area contributed by atoms with Crippen LogP contribution in [-0.2, 0) is 17.9 Å². The molecule has 0 saturated carbocycles. The van der Waals surface area contributed by atoms with Crippen molar-refractivity contribution in [3.05, 3.63) is 42.7 Å². The number of carbonyl (C=O) groups is 1. The number of hydrogen-bond acceptors (Lipinski definition) is 2. The van der Waals surface area contributed by atoms with Gasteiger partial charge in [0.2, 0.25) is 5.91 Å². The second-order valence-electron chi connectivity index (χ2n) is 6.66. The SMILES string of the molecule is CCCCn1ccnc1C1CCN(C(=O)CCn2cccc2)CC1. The first kappa shape index (κ1) is 16.8. The lowest BCUT2D eigenvalue weighted by atomic mass is 9.95. The number of aryl methyl sites for hydroxylation is 2. The lowest BCUT2D eigenvalue weighted by Crippen LogP contribution is -2.38. The molecule has 0 atom stereocenters. The highest BCUT2D eigenvalue weighted by atomic mass is 16.2. The molecule has 0 bridgehead atoms. The monoisotopic (exact) mass is 328 g/mol. The Bertz CT molecular complexity index is 624. The first-order chi connectivity index (χ1) is 11.8. The Morgan fingerprint density at radius 1 is 1.17 bits per heavy atom. The molecular formula is C19H28N4O. The fourth-order valence-corrected chi connectivity index (χ4v) is 3.49. The molecule has 1 aliphatic heterocycles. The summed E-state index contributed by atoms with van der Waals surface area (Å²) < 4.78 is 4.37. The van der Waals surface area contributed by atoms with Crippen LogP contribution < -0.4 is 0 Å². The molecule has 0 spiro atoms. The van der Waals surface area contributed by atoms with Gasteiger partial charge in [-0.2, -0.15) is 0 Å². The van der Waals surface area contributed by atoms with Crippen LogP contribution in [0.3, 0.4) is 0 Å². The summed E-state index contributed by atoms with van der Waals surface area (Å²) in [6.07, 6.45) is 13.1. The van der Waals surface area contributed by atoms with Crippen molar-refractivity contribution in [3.8, 4) is 0 Å². The molecule has 1 fully saturated rings. The average molecular weight is 328 g/mol. The quantitative estimate of drug-likeness (QED) is 0.783. The van der Waals surface area contributed by atoms with Gasteiger partial charge in [-0.1, -0.05) is 13.3 Å². The average Bonchev–Trinajstić information content (AvgIpc) is 3.29. The van der Waals surface area contributed by atoms with Crippen molar-refractivity contribution < 1.29 is 4.79 Å². The highest BCUT2D eigenvalue weighted by Crippen LogP contribution is 2.27. The Balaban J connectivity index is 1.48. The third-order valence-corrected chi connectivity index (χ3v) is 4.96. The maximum absolute atomic E-state index is 12.4. The molecule has 0 aliphatic carbocycles. The molecule has 5 heteroatoms. The molecule has 5 nitrogen and oxygen atoms in total. The van der Waals surface area contributed by atoms with E-state index in [4.69, 9.17) is 0 Å². The van der Waals surface area contributed by atoms with E-state index in [1.807, 2.05) is 35.6 Å². The van der Waals surface area contributed by atoms with E-state index in [0.717, 1.165) is 39.0 Å². The van der Waals surface area contributed by atoms with Crippen LogP contribution >= 0.6 is 0 Å². The van der Waals surface area contributed by atoms with Crippen LogP contribution in [0.15, 0.2) is 36.9 Å². The Hall–Kier alpha value is -2.04. The normalized spacial score (nSPS) is 15.8. The summed E-state index contributed by atoms with van der Waals surface area (Å²) in [5, 5.41) is 0. The van der Waals surface area contributed by atoms with Gasteiger partial charge in [0, 0.05) is 63.3 Å². The second-order valence-corrected chi connectivity index (χ2v) is 6.66. The zero-order valence-corrected chi connectivity index (χ0v) is 14.6. The first-order valence-corrected chi connectivity index (χ1v) is 9.17. The van der Waals surface area contributed by atoms with Gasteiger partial charge < -0.3 is 14.0 Å². The van der Waals surface area contributed by atoms with Gasteiger partial charge in [-0.15, -0.1) is 0 Å². The summed E-state index contributed by atoms with van der Waals surface area (Å²) in [4.78, 5) is 19.0. The van der Waals surface area contributed by atoms with Gasteiger partial charge in [-0.3, -0.25) is 4.79 Å². The molecule has 2 aromatic heterocycles. The molecule has 1 saturated heterocycles. The third kappa shape index (κ3) is 4.08. The van der Waals surface area contributed by atoms with Gasteiger partial charge in [0.05, 0.1) is 0 Å². The fourth-order valence-electron chi connectivity index (χ4n) is 3.49. The highest BCUT2D eigenvalue weighted by Gasteiger charge is 2.26. The molecule has 24 heavy (non-hydrogen) atoms. The number of aromatic nitrogens is 3. The van der Waals surface area contributed by atoms with Gasteiger partial charge in [-0.25, -0.2) is 4.98 Å². The number of piperidine rings is 1. The lowest BCUT2D eigenvalue weighted by molar-refractivity contribution is -0.132. The second kappa shape index (κ2) is 8.18. The summed E-state index contributed by atoms with van der Waals surface area (Å²) in [5.41, 5.74) is 0. The molecule has 0 radical (unpaired) electrons. The number of amides is 1. The number of imidazole rings is 1. The van der Waals surface area contributed by atoms with Crippen molar-refractivity contribution in [1.29, 1.82) is 0 Å². The van der Waals surface area contributed by atoms with Crippen LogP contribution in [0.5, 0.6) is 0 Å². The predicted octanol–water partition coefficient (Wildman–Crippen LogP) is 3.28. The van der Waals surface area contributed by atoms with Crippen molar-refractivity contribution in [2.24, 2.45) is 0 Å². The zero-order chi connectivity index (χ0) is 16.8. The number of likely N-dealkylation sites (tertiary alicyclic amines) is 1. The van der Waals surface area contributed by atoms with Crippen LogP contribution in [0.1, 0.15) is 50.8 Å². The Kier molecular flexibility index (Phi) is 5.72. The zero-order valence-electron chi connectivity index (χ0n) is 14.6. The van der Waals surface area contributed by atoms with E-state index < -0.39 is 0 Å². The predicted molar refractivity (Wildman–Crippen MR) is 94.7 cm³/mol. The molecule has 1 aliphatic rings. The highest BCUT2D eigenvalue weighted by molar-refractivity contribution is 5.76. The van der Waals surface area contributed by atoms with E-state index in [1.165, 1.54) is 18.7 Å². The minimum Gasteiger partial charge on any atom is -0.354 e. The summed E-state index contributed by atoms with van der Waals surface area (Å²) >= 11 is 0. The van der Waals surface area contributed by atoms with Crippen LogP contribution in [0.2, 0.25) is 0 Å². The molecule has 0 N–H and O–H groups in total. The largest absolute Gasteiger partial charge is 0.354 e.